The van der Waals surface area contributed by atoms with Gasteiger partial charge in [0.05, 0.1) is 24.2 Å². The Balaban J connectivity index is 1.80. The zero-order chi connectivity index (χ0) is 19.7. The fraction of sp³-hybridized carbons (Fsp3) is 0.238. The molecule has 2 atom stereocenters. The lowest BCUT2D eigenvalue weighted by Crippen LogP contribution is -2.37. The second-order valence-electron chi connectivity index (χ2n) is 7.02. The second-order valence-corrected chi connectivity index (χ2v) is 7.86. The van der Waals surface area contributed by atoms with E-state index in [4.69, 9.17) is 4.74 Å². The van der Waals surface area contributed by atoms with Crippen LogP contribution in [0.3, 0.4) is 0 Å². The van der Waals surface area contributed by atoms with Crippen LogP contribution in [0.25, 0.3) is 0 Å². The van der Waals surface area contributed by atoms with Gasteiger partial charge in [-0.25, -0.2) is 0 Å². The van der Waals surface area contributed by atoms with Gasteiger partial charge in [-0.05, 0) is 54.3 Å². The highest BCUT2D eigenvalue weighted by molar-refractivity contribution is 7.13. The molecule has 1 aromatic heterocycles. The van der Waals surface area contributed by atoms with E-state index in [9.17, 15) is 10.1 Å². The number of anilines is 1. The summed E-state index contributed by atoms with van der Waals surface area (Å²) in [4.78, 5) is 13.3. The molecule has 2 aromatic carbocycles. The molecular weight excluding hydrogens is 372 g/mol. The minimum absolute atomic E-state index is 0.111. The molecule has 0 saturated carbocycles. The number of benzene rings is 2. The number of ether oxygens (including phenoxy) is 1. The Morgan fingerprint density at radius 3 is 2.75 bits per heavy atom. The van der Waals surface area contributed by atoms with E-state index < -0.39 is 5.41 Å². The molecule has 0 radical (unpaired) electrons. The number of nitriles is 1. The molecule has 0 unspecified atom stereocenters. The van der Waals surface area contributed by atoms with Crippen LogP contribution >= 0.6 is 11.3 Å². The second kappa shape index (κ2) is 7.06. The number of hydrogen-bond donors (Lipinski definition) is 1. The number of hydrogen-bond acceptors (Lipinski definition) is 6. The third-order valence-corrected chi connectivity index (χ3v) is 5.94. The average molecular weight is 390 g/mol. The molecule has 1 heterocycles. The maximum absolute atomic E-state index is 13.3. The van der Waals surface area contributed by atoms with E-state index in [1.807, 2.05) is 43.3 Å². The Morgan fingerprint density at radius 2 is 2.11 bits per heavy atom. The number of nitrogens with zero attached hydrogens (tertiary/aromatic N) is 3. The van der Waals surface area contributed by atoms with E-state index in [0.29, 0.717) is 17.1 Å². The number of rotatable bonds is 4. The normalized spacial score (nSPS) is 20.2. The first-order chi connectivity index (χ1) is 13.5. The number of carbonyl (C=O) groups excluding carboxylic acids is 1. The predicted molar refractivity (Wildman–Crippen MR) is 106 cm³/mol. The molecule has 4 rings (SSSR count). The standard InChI is InChI=1S/C21H18N4O2S/c1-21(19(26)24-20-25-23-12-28-20)10-15-4-3-13(11-22)9-17(15)18(21)14-5-7-16(27-2)8-6-14/h3-9,12,18H,10H2,1-2H3,(H,24,25,26)/t18-,21+/m1/s1. The van der Waals surface area contributed by atoms with Gasteiger partial charge in [0.2, 0.25) is 11.0 Å². The average Bonchev–Trinajstić information content (AvgIpc) is 3.33. The highest BCUT2D eigenvalue weighted by Crippen LogP contribution is 2.51. The number of methoxy groups -OCH3 is 1. The van der Waals surface area contributed by atoms with Crippen LogP contribution in [-0.2, 0) is 11.2 Å². The first kappa shape index (κ1) is 18.1. The Labute approximate surface area is 166 Å². The van der Waals surface area contributed by atoms with E-state index in [2.05, 4.69) is 21.6 Å². The first-order valence-corrected chi connectivity index (χ1v) is 9.67. The zero-order valence-electron chi connectivity index (χ0n) is 15.5. The molecule has 0 saturated heterocycles. The Morgan fingerprint density at radius 1 is 1.32 bits per heavy atom. The first-order valence-electron chi connectivity index (χ1n) is 8.79. The summed E-state index contributed by atoms with van der Waals surface area (Å²) in [7, 11) is 1.62. The smallest absolute Gasteiger partial charge is 0.233 e. The summed E-state index contributed by atoms with van der Waals surface area (Å²) in [5.41, 5.74) is 4.54. The topological polar surface area (TPSA) is 87.9 Å². The van der Waals surface area contributed by atoms with Crippen LogP contribution < -0.4 is 10.1 Å². The summed E-state index contributed by atoms with van der Waals surface area (Å²) in [6.07, 6.45) is 0.579. The van der Waals surface area contributed by atoms with E-state index in [0.717, 1.165) is 22.4 Å². The maximum Gasteiger partial charge on any atom is 0.233 e. The lowest BCUT2D eigenvalue weighted by Gasteiger charge is -2.31. The van der Waals surface area contributed by atoms with Gasteiger partial charge < -0.3 is 10.1 Å². The largest absolute Gasteiger partial charge is 0.497 e. The summed E-state index contributed by atoms with van der Waals surface area (Å²) in [5, 5.41) is 20.5. The van der Waals surface area contributed by atoms with Crippen LogP contribution in [0.1, 0.15) is 35.1 Å². The minimum atomic E-state index is -0.726. The van der Waals surface area contributed by atoms with Crippen molar-refractivity contribution in [2.75, 3.05) is 12.4 Å². The van der Waals surface area contributed by atoms with Gasteiger partial charge in [0, 0.05) is 5.92 Å². The van der Waals surface area contributed by atoms with Crippen molar-refractivity contribution in [2.45, 2.75) is 19.3 Å². The number of carbonyl (C=O) groups is 1. The molecule has 28 heavy (non-hydrogen) atoms. The van der Waals surface area contributed by atoms with E-state index >= 15 is 0 Å². The van der Waals surface area contributed by atoms with Gasteiger partial charge in [0.25, 0.3) is 0 Å². The van der Waals surface area contributed by atoms with E-state index in [1.54, 1.807) is 18.7 Å². The molecule has 3 aromatic rings. The molecule has 0 spiro atoms. The van der Waals surface area contributed by atoms with Gasteiger partial charge in [-0.2, -0.15) is 5.26 Å². The Bertz CT molecular complexity index is 1060. The lowest BCUT2D eigenvalue weighted by molar-refractivity contribution is -0.125. The van der Waals surface area contributed by atoms with Gasteiger partial charge in [-0.3, -0.25) is 4.79 Å². The molecule has 1 aliphatic carbocycles. The van der Waals surface area contributed by atoms with Crippen LogP contribution in [-0.4, -0.2) is 23.2 Å². The van der Waals surface area contributed by atoms with Crippen molar-refractivity contribution in [1.82, 2.24) is 10.2 Å². The van der Waals surface area contributed by atoms with Crippen LogP contribution in [0, 0.1) is 16.7 Å². The van der Waals surface area contributed by atoms with Gasteiger partial charge in [0.15, 0.2) is 0 Å². The number of nitrogens with one attached hydrogen (secondary N) is 1. The van der Waals surface area contributed by atoms with Crippen molar-refractivity contribution >= 4 is 22.4 Å². The summed E-state index contributed by atoms with van der Waals surface area (Å²) >= 11 is 1.29. The van der Waals surface area contributed by atoms with E-state index in [-0.39, 0.29) is 11.8 Å². The van der Waals surface area contributed by atoms with Crippen molar-refractivity contribution in [3.8, 4) is 11.8 Å². The number of amides is 1. The fourth-order valence-corrected chi connectivity index (χ4v) is 4.40. The van der Waals surface area contributed by atoms with Gasteiger partial charge >= 0.3 is 0 Å². The summed E-state index contributed by atoms with van der Waals surface area (Å²) in [6, 6.07) is 15.6. The summed E-state index contributed by atoms with van der Waals surface area (Å²) in [5.74, 6) is 0.460. The Kier molecular flexibility index (Phi) is 4.57. The highest BCUT2D eigenvalue weighted by Gasteiger charge is 2.49. The highest BCUT2D eigenvalue weighted by atomic mass is 32.1. The summed E-state index contributed by atoms with van der Waals surface area (Å²) < 4.78 is 5.27. The van der Waals surface area contributed by atoms with Crippen molar-refractivity contribution in [3.63, 3.8) is 0 Å². The van der Waals surface area contributed by atoms with Gasteiger partial charge in [-0.15, -0.1) is 10.2 Å². The molecule has 0 bridgehead atoms. The monoisotopic (exact) mass is 390 g/mol. The van der Waals surface area contributed by atoms with Crippen molar-refractivity contribution in [2.24, 2.45) is 5.41 Å². The molecule has 1 amide bonds. The number of fused-ring (bicyclic) bond motifs is 1. The molecule has 7 heteroatoms. The summed E-state index contributed by atoms with van der Waals surface area (Å²) in [6.45, 7) is 1.96. The molecule has 140 valence electrons. The molecule has 1 aliphatic rings. The molecular formula is C21H18N4O2S. The molecule has 6 nitrogen and oxygen atoms in total. The van der Waals surface area contributed by atoms with Crippen molar-refractivity contribution in [1.29, 1.82) is 5.26 Å². The Hall–Kier alpha value is -3.24. The van der Waals surface area contributed by atoms with Crippen LogP contribution in [0.2, 0.25) is 0 Å². The van der Waals surface area contributed by atoms with Gasteiger partial charge in [-0.1, -0.05) is 29.5 Å². The SMILES string of the molecule is COc1ccc([C@@H]2c3cc(C#N)ccc3C[C@]2(C)C(=O)Nc2nncs2)cc1. The third kappa shape index (κ3) is 3.02. The lowest BCUT2D eigenvalue weighted by atomic mass is 9.73. The van der Waals surface area contributed by atoms with Crippen LogP contribution in [0.15, 0.2) is 48.0 Å². The van der Waals surface area contributed by atoms with Crippen LogP contribution in [0.5, 0.6) is 5.75 Å². The molecule has 0 fully saturated rings. The molecule has 0 aliphatic heterocycles. The van der Waals surface area contributed by atoms with Gasteiger partial charge in [0.1, 0.15) is 11.3 Å². The maximum atomic E-state index is 13.3. The fourth-order valence-electron chi connectivity index (χ4n) is 3.96. The third-order valence-electron chi connectivity index (χ3n) is 5.33. The number of aromatic nitrogens is 2. The van der Waals surface area contributed by atoms with Crippen molar-refractivity contribution < 1.29 is 9.53 Å². The quantitative estimate of drug-likeness (QED) is 0.733. The van der Waals surface area contributed by atoms with E-state index in [1.165, 1.54) is 11.3 Å². The zero-order valence-corrected chi connectivity index (χ0v) is 16.3. The molecule has 1 N–H and O–H groups in total. The predicted octanol–water partition coefficient (Wildman–Crippen LogP) is 3.75. The van der Waals surface area contributed by atoms with Crippen molar-refractivity contribution in [3.05, 3.63) is 70.2 Å². The van der Waals surface area contributed by atoms with Crippen LogP contribution in [0.4, 0.5) is 5.13 Å². The minimum Gasteiger partial charge on any atom is -0.497 e.